The summed E-state index contributed by atoms with van der Waals surface area (Å²) >= 11 is 6.11. The van der Waals surface area contributed by atoms with Crippen LogP contribution in [0.4, 0.5) is 27.9 Å². The van der Waals surface area contributed by atoms with Crippen LogP contribution in [-0.2, 0) is 13.2 Å². The molecule has 0 spiro atoms. The number of benzene rings is 1. The Labute approximate surface area is 206 Å². The molecular weight excluding hydrogens is 511 g/mol. The molecule has 192 valence electrons. The number of nitrogens with one attached hydrogen (secondary N) is 1. The molecule has 1 amide bonds. The van der Waals surface area contributed by atoms with Gasteiger partial charge in [-0.15, -0.1) is 10.2 Å². The maximum Gasteiger partial charge on any atom is 0.419 e. The summed E-state index contributed by atoms with van der Waals surface area (Å²) in [4.78, 5) is 23.1. The van der Waals surface area contributed by atoms with E-state index < -0.39 is 48.5 Å². The molecule has 1 fully saturated rings. The van der Waals surface area contributed by atoms with Crippen LogP contribution in [0.2, 0.25) is 5.02 Å². The predicted molar refractivity (Wildman–Crippen MR) is 118 cm³/mol. The topological polar surface area (TPSA) is 102 Å². The van der Waals surface area contributed by atoms with Crippen molar-refractivity contribution in [3.05, 3.63) is 46.7 Å². The highest BCUT2D eigenvalue weighted by atomic mass is 35.5. The van der Waals surface area contributed by atoms with Crippen LogP contribution >= 0.6 is 11.6 Å². The molecule has 0 radical (unpaired) electrons. The third-order valence-corrected chi connectivity index (χ3v) is 5.99. The number of piperidine rings is 1. The molecule has 1 unspecified atom stereocenters. The average Bonchev–Trinajstić information content (AvgIpc) is 3.22. The zero-order chi connectivity index (χ0) is 26.3. The lowest BCUT2D eigenvalue weighted by Crippen LogP contribution is -2.57. The summed E-state index contributed by atoms with van der Waals surface area (Å²) < 4.78 is 67.4. The van der Waals surface area contributed by atoms with Gasteiger partial charge in [-0.3, -0.25) is 4.79 Å². The van der Waals surface area contributed by atoms with E-state index in [1.54, 1.807) is 6.92 Å². The molecule has 0 saturated carbocycles. The van der Waals surface area contributed by atoms with Gasteiger partial charge in [-0.25, -0.2) is 18.7 Å². The number of carbonyl (C=O) groups excluding carboxylic acids is 1. The van der Waals surface area contributed by atoms with E-state index in [2.05, 4.69) is 30.7 Å². The smallest absolute Gasteiger partial charge is 0.352 e. The van der Waals surface area contributed by atoms with Gasteiger partial charge >= 0.3 is 6.18 Å². The standard InChI is InChI=1S/C21H20ClF5N8O/c1-11-6-20(23,24)10-35(16(11)9-30-19-28-7-12(8-29-19)21(25,26)27)18(36)15-5-13(22)3-4-14(15)17-31-33-34(2)32-17/h3-5,7-8,11,16H,6,9-10H2,1-2H3,(H,28,29,30)/t11-,16?/m1/s1. The Morgan fingerprint density at radius 1 is 1.25 bits per heavy atom. The molecule has 1 aromatic carbocycles. The van der Waals surface area contributed by atoms with E-state index in [0.29, 0.717) is 12.4 Å². The van der Waals surface area contributed by atoms with E-state index in [0.717, 1.165) is 4.90 Å². The molecule has 0 bridgehead atoms. The number of hydrogen-bond acceptors (Lipinski definition) is 7. The fourth-order valence-corrected chi connectivity index (χ4v) is 4.25. The number of aromatic nitrogens is 6. The molecule has 36 heavy (non-hydrogen) atoms. The molecule has 1 saturated heterocycles. The lowest BCUT2D eigenvalue weighted by molar-refractivity contribution is -0.138. The van der Waals surface area contributed by atoms with Crippen molar-refractivity contribution >= 4 is 23.5 Å². The molecule has 3 aromatic rings. The van der Waals surface area contributed by atoms with Crippen molar-refractivity contribution in [2.24, 2.45) is 13.0 Å². The van der Waals surface area contributed by atoms with Crippen molar-refractivity contribution in [3.63, 3.8) is 0 Å². The fourth-order valence-electron chi connectivity index (χ4n) is 4.08. The first-order valence-electron chi connectivity index (χ1n) is 10.7. The second-order valence-corrected chi connectivity index (χ2v) is 8.94. The van der Waals surface area contributed by atoms with Gasteiger partial charge in [0.15, 0.2) is 0 Å². The first kappa shape index (κ1) is 25.7. The van der Waals surface area contributed by atoms with Crippen molar-refractivity contribution in [3.8, 4) is 11.4 Å². The highest BCUT2D eigenvalue weighted by Gasteiger charge is 2.46. The van der Waals surface area contributed by atoms with Crippen LogP contribution in [0, 0.1) is 5.92 Å². The van der Waals surface area contributed by atoms with E-state index >= 15 is 0 Å². The number of likely N-dealkylation sites (tertiary alicyclic amines) is 1. The van der Waals surface area contributed by atoms with Gasteiger partial charge in [0.2, 0.25) is 11.8 Å². The number of amides is 1. The minimum atomic E-state index is -4.60. The third-order valence-electron chi connectivity index (χ3n) is 5.75. The van der Waals surface area contributed by atoms with Crippen LogP contribution in [0.25, 0.3) is 11.4 Å². The Balaban J connectivity index is 1.63. The first-order valence-corrected chi connectivity index (χ1v) is 11.1. The van der Waals surface area contributed by atoms with Crippen LogP contribution in [0.1, 0.15) is 29.3 Å². The molecule has 1 N–H and O–H groups in total. The minimum Gasteiger partial charge on any atom is -0.352 e. The summed E-state index contributed by atoms with van der Waals surface area (Å²) in [7, 11) is 1.53. The Bertz CT molecular complexity index is 1250. The van der Waals surface area contributed by atoms with Crippen LogP contribution in [0.3, 0.4) is 0 Å². The number of hydrogen-bond donors (Lipinski definition) is 1. The summed E-state index contributed by atoms with van der Waals surface area (Å²) in [6, 6.07) is 3.60. The van der Waals surface area contributed by atoms with Crippen LogP contribution in [0.5, 0.6) is 0 Å². The largest absolute Gasteiger partial charge is 0.419 e. The summed E-state index contributed by atoms with van der Waals surface area (Å²) in [6.07, 6.45) is -3.85. The Morgan fingerprint density at radius 2 is 1.94 bits per heavy atom. The molecule has 3 heterocycles. The molecule has 9 nitrogen and oxygen atoms in total. The lowest BCUT2D eigenvalue weighted by Gasteiger charge is -2.43. The zero-order valence-electron chi connectivity index (χ0n) is 19.0. The average molecular weight is 531 g/mol. The summed E-state index contributed by atoms with van der Waals surface area (Å²) in [6.45, 7) is 0.625. The van der Waals surface area contributed by atoms with E-state index in [4.69, 9.17) is 11.6 Å². The summed E-state index contributed by atoms with van der Waals surface area (Å²) in [5, 5.41) is 14.7. The monoisotopic (exact) mass is 530 g/mol. The van der Waals surface area contributed by atoms with E-state index in [9.17, 15) is 26.7 Å². The maximum absolute atomic E-state index is 14.6. The summed E-state index contributed by atoms with van der Waals surface area (Å²) in [5.41, 5.74) is -0.755. The molecule has 1 aliphatic rings. The SMILES string of the molecule is C[C@@H]1CC(F)(F)CN(C(=O)c2cc(Cl)ccc2-c2nnn(C)n2)C1CNc1ncc(C(F)(F)F)cn1. The number of tetrazole rings is 1. The molecule has 4 rings (SSSR count). The second-order valence-electron chi connectivity index (χ2n) is 8.50. The maximum atomic E-state index is 14.6. The third kappa shape index (κ3) is 5.53. The zero-order valence-corrected chi connectivity index (χ0v) is 19.7. The quantitative estimate of drug-likeness (QED) is 0.499. The van der Waals surface area contributed by atoms with Gasteiger partial charge in [0.1, 0.15) is 0 Å². The lowest BCUT2D eigenvalue weighted by atomic mass is 9.87. The van der Waals surface area contributed by atoms with E-state index in [1.807, 2.05) is 0 Å². The van der Waals surface area contributed by atoms with Crippen molar-refractivity contribution in [1.29, 1.82) is 0 Å². The normalized spacial score (nSPS) is 19.8. The predicted octanol–water partition coefficient (Wildman–Crippen LogP) is 3.94. The molecule has 15 heteroatoms. The number of carbonyl (C=O) groups is 1. The second kappa shape index (κ2) is 9.56. The van der Waals surface area contributed by atoms with Gasteiger partial charge in [-0.1, -0.05) is 18.5 Å². The molecular formula is C21H20ClF5N8O. The highest BCUT2D eigenvalue weighted by molar-refractivity contribution is 6.31. The first-order chi connectivity index (χ1) is 16.8. The highest BCUT2D eigenvalue weighted by Crippen LogP contribution is 2.36. The van der Waals surface area contributed by atoms with Gasteiger partial charge in [0.05, 0.1) is 30.8 Å². The number of nitrogens with zero attached hydrogens (tertiary/aromatic N) is 7. The number of alkyl halides is 5. The van der Waals surface area contributed by atoms with Crippen molar-refractivity contribution in [1.82, 2.24) is 35.1 Å². The van der Waals surface area contributed by atoms with Gasteiger partial charge in [-0.2, -0.15) is 18.0 Å². The van der Waals surface area contributed by atoms with E-state index in [-0.39, 0.29) is 34.5 Å². The van der Waals surface area contributed by atoms with Crippen LogP contribution in [-0.4, -0.2) is 66.0 Å². The van der Waals surface area contributed by atoms with Gasteiger partial charge in [0, 0.05) is 35.9 Å². The number of rotatable bonds is 5. The number of halogens is 6. The minimum absolute atomic E-state index is 0.0104. The van der Waals surface area contributed by atoms with Gasteiger partial charge in [-0.05, 0) is 29.3 Å². The van der Waals surface area contributed by atoms with Crippen molar-refractivity contribution in [2.45, 2.75) is 31.5 Å². The van der Waals surface area contributed by atoms with E-state index in [1.165, 1.54) is 30.0 Å². The molecule has 1 aliphatic heterocycles. The van der Waals surface area contributed by atoms with Crippen LogP contribution in [0.15, 0.2) is 30.6 Å². The summed E-state index contributed by atoms with van der Waals surface area (Å²) in [5.74, 6) is -4.57. The van der Waals surface area contributed by atoms with Gasteiger partial charge in [0.25, 0.3) is 11.8 Å². The fraction of sp³-hybridized carbons (Fsp3) is 0.429. The van der Waals surface area contributed by atoms with Gasteiger partial charge < -0.3 is 10.2 Å². The number of anilines is 1. The molecule has 0 aliphatic carbocycles. The van der Waals surface area contributed by atoms with Crippen LogP contribution < -0.4 is 5.32 Å². The van der Waals surface area contributed by atoms with Crippen molar-refractivity contribution in [2.75, 3.05) is 18.4 Å². The Kier molecular flexibility index (Phi) is 6.82. The molecule has 2 aromatic heterocycles. The van der Waals surface area contributed by atoms with Crippen molar-refractivity contribution < 1.29 is 26.7 Å². The molecule has 2 atom stereocenters. The number of aryl methyl sites for hydroxylation is 1. The Morgan fingerprint density at radius 3 is 2.56 bits per heavy atom. The Hall–Kier alpha value is -3.42.